The van der Waals surface area contributed by atoms with Crippen LogP contribution in [0.15, 0.2) is 40.7 Å². The Kier molecular flexibility index (Phi) is 9.70. The average molecular weight is 459 g/mol. The van der Waals surface area contributed by atoms with Crippen molar-refractivity contribution in [1.29, 1.82) is 0 Å². The summed E-state index contributed by atoms with van der Waals surface area (Å²) in [5, 5.41) is 9.74. The Balaban J connectivity index is 0.00000288. The molecule has 0 aliphatic rings. The number of aryl methyl sites for hydroxylation is 1. The topological polar surface area (TPSA) is 52.6 Å². The number of guanidine groups is 1. The maximum absolute atomic E-state index is 4.55. The monoisotopic (exact) mass is 459 g/mol. The van der Waals surface area contributed by atoms with Crippen molar-refractivity contribution >= 4 is 46.4 Å². The second kappa shape index (κ2) is 11.2. The van der Waals surface area contributed by atoms with Crippen LogP contribution in [0.5, 0.6) is 0 Å². The van der Waals surface area contributed by atoms with Crippen LogP contribution < -0.4 is 15.5 Å². The number of hydrogen-bond donors (Lipinski definition) is 2. The number of halogens is 1. The Morgan fingerprint density at radius 2 is 1.96 bits per heavy atom. The smallest absolute Gasteiger partial charge is 0.191 e. The van der Waals surface area contributed by atoms with Gasteiger partial charge in [-0.1, -0.05) is 30.3 Å². The van der Waals surface area contributed by atoms with Crippen LogP contribution in [0.4, 0.5) is 5.13 Å². The van der Waals surface area contributed by atoms with E-state index in [1.807, 2.05) is 25.1 Å². The quantitative estimate of drug-likeness (QED) is 0.289. The van der Waals surface area contributed by atoms with E-state index in [4.69, 9.17) is 0 Å². The third-order valence-electron chi connectivity index (χ3n) is 3.36. The number of hydrogen-bond acceptors (Lipinski definition) is 4. The van der Waals surface area contributed by atoms with Crippen LogP contribution in [-0.2, 0) is 13.0 Å². The average Bonchev–Trinajstić information content (AvgIpc) is 3.04. The van der Waals surface area contributed by atoms with Crippen LogP contribution in [0.25, 0.3) is 0 Å². The lowest BCUT2D eigenvalue weighted by Gasteiger charge is -2.11. The number of nitrogens with zero attached hydrogens (tertiary/aromatic N) is 3. The number of aromatic nitrogens is 1. The van der Waals surface area contributed by atoms with Gasteiger partial charge in [-0.05, 0) is 18.4 Å². The number of anilines is 1. The molecule has 132 valence electrons. The van der Waals surface area contributed by atoms with Crippen molar-refractivity contribution in [3.05, 3.63) is 47.0 Å². The summed E-state index contributed by atoms with van der Waals surface area (Å²) in [6.07, 6.45) is 2.15. The molecule has 0 spiro atoms. The first-order valence-electron chi connectivity index (χ1n) is 7.79. The Morgan fingerprint density at radius 1 is 1.21 bits per heavy atom. The molecule has 1 aromatic carbocycles. The Hall–Kier alpha value is -1.35. The number of rotatable bonds is 7. The Bertz CT molecular complexity index is 612. The lowest BCUT2D eigenvalue weighted by atomic mass is 10.1. The van der Waals surface area contributed by atoms with Crippen LogP contribution in [0.2, 0.25) is 0 Å². The van der Waals surface area contributed by atoms with Crippen LogP contribution in [0, 0.1) is 0 Å². The molecule has 2 aromatic rings. The number of benzene rings is 1. The summed E-state index contributed by atoms with van der Waals surface area (Å²) < 4.78 is 0. The molecule has 2 rings (SSSR count). The van der Waals surface area contributed by atoms with E-state index in [-0.39, 0.29) is 24.0 Å². The van der Waals surface area contributed by atoms with Gasteiger partial charge in [-0.3, -0.25) is 4.99 Å². The Morgan fingerprint density at radius 3 is 2.58 bits per heavy atom. The second-order valence-corrected chi connectivity index (χ2v) is 6.29. The van der Waals surface area contributed by atoms with Crippen LogP contribution in [0.3, 0.4) is 0 Å². The molecule has 0 bridgehead atoms. The van der Waals surface area contributed by atoms with Crippen molar-refractivity contribution in [3.63, 3.8) is 0 Å². The summed E-state index contributed by atoms with van der Waals surface area (Å²) in [5.41, 5.74) is 2.40. The van der Waals surface area contributed by atoms with Gasteiger partial charge in [0.05, 0.1) is 12.2 Å². The van der Waals surface area contributed by atoms with E-state index in [0.717, 1.165) is 36.2 Å². The van der Waals surface area contributed by atoms with Crippen molar-refractivity contribution in [2.75, 3.05) is 32.6 Å². The van der Waals surface area contributed by atoms with E-state index < -0.39 is 0 Å². The maximum Gasteiger partial charge on any atom is 0.191 e. The summed E-state index contributed by atoms with van der Waals surface area (Å²) in [4.78, 5) is 10.8. The van der Waals surface area contributed by atoms with Crippen molar-refractivity contribution in [1.82, 2.24) is 15.6 Å². The molecule has 1 aromatic heterocycles. The molecule has 2 N–H and O–H groups in total. The first-order valence-corrected chi connectivity index (χ1v) is 8.67. The molecule has 0 amide bonds. The molecule has 0 saturated heterocycles. The molecule has 5 nitrogen and oxygen atoms in total. The number of aliphatic imine (C=N–C) groups is 1. The highest BCUT2D eigenvalue weighted by Gasteiger charge is 2.04. The number of thiazole rings is 1. The lowest BCUT2D eigenvalue weighted by molar-refractivity contribution is 0.739. The summed E-state index contributed by atoms with van der Waals surface area (Å²) >= 11 is 1.65. The highest BCUT2D eigenvalue weighted by molar-refractivity contribution is 14.0. The van der Waals surface area contributed by atoms with E-state index in [9.17, 15) is 0 Å². The van der Waals surface area contributed by atoms with Gasteiger partial charge in [0.2, 0.25) is 0 Å². The molecule has 0 fully saturated rings. The molecule has 24 heavy (non-hydrogen) atoms. The van der Waals surface area contributed by atoms with Gasteiger partial charge in [-0.15, -0.1) is 35.3 Å². The van der Waals surface area contributed by atoms with Gasteiger partial charge in [0.25, 0.3) is 0 Å². The predicted molar refractivity (Wildman–Crippen MR) is 115 cm³/mol. The first-order chi connectivity index (χ1) is 11.2. The maximum atomic E-state index is 4.55. The van der Waals surface area contributed by atoms with Crippen molar-refractivity contribution < 1.29 is 0 Å². The lowest BCUT2D eigenvalue weighted by Crippen LogP contribution is -2.37. The van der Waals surface area contributed by atoms with Crippen molar-refractivity contribution in [2.45, 2.75) is 19.4 Å². The van der Waals surface area contributed by atoms with Crippen LogP contribution >= 0.6 is 35.3 Å². The zero-order valence-electron chi connectivity index (χ0n) is 14.5. The number of nitrogens with one attached hydrogen (secondary N) is 2. The zero-order valence-corrected chi connectivity index (χ0v) is 17.6. The molecule has 0 aliphatic carbocycles. The zero-order chi connectivity index (χ0) is 16.5. The Labute approximate surface area is 165 Å². The van der Waals surface area contributed by atoms with Gasteiger partial charge < -0.3 is 15.5 Å². The molecule has 0 aliphatic heterocycles. The second-order valence-electron chi connectivity index (χ2n) is 5.46. The van der Waals surface area contributed by atoms with Gasteiger partial charge in [0, 0.05) is 33.1 Å². The minimum Gasteiger partial charge on any atom is -0.356 e. The summed E-state index contributed by atoms with van der Waals surface area (Å²) in [7, 11) is 5.80. The summed E-state index contributed by atoms with van der Waals surface area (Å²) in [6, 6.07) is 10.5. The van der Waals surface area contributed by atoms with Crippen LogP contribution in [0.1, 0.15) is 17.7 Å². The van der Waals surface area contributed by atoms with Crippen molar-refractivity contribution in [2.24, 2.45) is 4.99 Å². The summed E-state index contributed by atoms with van der Waals surface area (Å²) in [5.74, 6) is 0.817. The minimum absolute atomic E-state index is 0. The molecule has 7 heteroatoms. The summed E-state index contributed by atoms with van der Waals surface area (Å²) in [6.45, 7) is 1.58. The van der Waals surface area contributed by atoms with E-state index in [0.29, 0.717) is 6.54 Å². The van der Waals surface area contributed by atoms with Gasteiger partial charge in [0.15, 0.2) is 11.1 Å². The molecule has 0 unspecified atom stereocenters. The van der Waals surface area contributed by atoms with E-state index in [1.54, 1.807) is 18.4 Å². The molecule has 0 radical (unpaired) electrons. The standard InChI is InChI=1S/C17H25N5S.HI/c1-18-16(19-11-7-10-14-8-5-4-6-9-14)20-12-15-13-23-17(21-15)22(2)3;/h4-6,8-9,13H,7,10-12H2,1-3H3,(H2,18,19,20);1H. The third kappa shape index (κ3) is 7.04. The predicted octanol–water partition coefficient (Wildman–Crippen LogP) is 3.12. The fourth-order valence-electron chi connectivity index (χ4n) is 2.12. The van der Waals surface area contributed by atoms with Crippen molar-refractivity contribution in [3.8, 4) is 0 Å². The molecule has 1 heterocycles. The SMILES string of the molecule is CN=C(NCCCc1ccccc1)NCc1csc(N(C)C)n1.I. The normalized spacial score (nSPS) is 10.9. The highest BCUT2D eigenvalue weighted by Crippen LogP contribution is 2.17. The first kappa shape index (κ1) is 20.7. The largest absolute Gasteiger partial charge is 0.356 e. The highest BCUT2D eigenvalue weighted by atomic mass is 127. The fraction of sp³-hybridized carbons (Fsp3) is 0.412. The fourth-order valence-corrected chi connectivity index (χ4v) is 2.88. The van der Waals surface area contributed by atoms with Gasteiger partial charge >= 0.3 is 0 Å². The van der Waals surface area contributed by atoms with E-state index in [1.165, 1.54) is 5.56 Å². The van der Waals surface area contributed by atoms with E-state index >= 15 is 0 Å². The molecular weight excluding hydrogens is 433 g/mol. The molecular formula is C17H26IN5S. The van der Waals surface area contributed by atoms with Crippen LogP contribution in [-0.4, -0.2) is 38.6 Å². The van der Waals surface area contributed by atoms with Gasteiger partial charge in [0.1, 0.15) is 0 Å². The molecule has 0 saturated carbocycles. The van der Waals surface area contributed by atoms with E-state index in [2.05, 4.69) is 50.3 Å². The van der Waals surface area contributed by atoms with Gasteiger partial charge in [-0.25, -0.2) is 4.98 Å². The van der Waals surface area contributed by atoms with Gasteiger partial charge in [-0.2, -0.15) is 0 Å². The minimum atomic E-state index is 0. The third-order valence-corrected chi connectivity index (χ3v) is 4.42. The molecule has 0 atom stereocenters.